The molecule has 0 aliphatic rings. The topological polar surface area (TPSA) is 61.4 Å². The minimum Gasteiger partial charge on any atom is -0.314 e. The van der Waals surface area contributed by atoms with Crippen molar-refractivity contribution < 1.29 is 0 Å². The summed E-state index contributed by atoms with van der Waals surface area (Å²) in [4.78, 5) is 4.82. The number of benzene rings is 3. The second-order valence-corrected chi connectivity index (χ2v) is 7.78. The van der Waals surface area contributed by atoms with Gasteiger partial charge in [0.1, 0.15) is 0 Å². The highest BCUT2D eigenvalue weighted by Gasteiger charge is 2.17. The first-order valence-corrected chi connectivity index (χ1v) is 10.2. The Kier molecular flexibility index (Phi) is 4.75. The largest absolute Gasteiger partial charge is 0.314 e. The Bertz CT molecular complexity index is 1280. The van der Waals surface area contributed by atoms with Crippen LogP contribution in [0.5, 0.6) is 0 Å². The van der Waals surface area contributed by atoms with Gasteiger partial charge < -0.3 is 4.57 Å². The normalized spacial score (nSPS) is 11.2. The number of aromatic nitrogens is 6. The van der Waals surface area contributed by atoms with E-state index in [0.717, 1.165) is 27.4 Å². The fraction of sp³-hybridized carbons (Fsp3) is 0.0476. The van der Waals surface area contributed by atoms with Crippen molar-refractivity contribution in [3.05, 3.63) is 89.4 Å². The lowest BCUT2D eigenvalue weighted by Crippen LogP contribution is -2.03. The Labute approximate surface area is 176 Å². The molecular formula is C21H15ClN6S. The maximum Gasteiger partial charge on any atom is 0.221 e. The second-order valence-electron chi connectivity index (χ2n) is 6.41. The average Bonchev–Trinajstić information content (AvgIpc) is 3.34. The van der Waals surface area contributed by atoms with E-state index in [4.69, 9.17) is 16.6 Å². The molecule has 0 radical (unpaired) electrons. The van der Waals surface area contributed by atoms with E-state index in [1.54, 1.807) is 4.68 Å². The van der Waals surface area contributed by atoms with E-state index >= 15 is 0 Å². The van der Waals surface area contributed by atoms with E-state index in [-0.39, 0.29) is 0 Å². The van der Waals surface area contributed by atoms with Crippen molar-refractivity contribution in [2.24, 2.45) is 0 Å². The van der Waals surface area contributed by atoms with Gasteiger partial charge in [-0.1, -0.05) is 54.1 Å². The summed E-state index contributed by atoms with van der Waals surface area (Å²) in [6.07, 6.45) is 0. The van der Waals surface area contributed by atoms with Gasteiger partial charge in [-0.05, 0) is 64.2 Å². The van der Waals surface area contributed by atoms with E-state index in [2.05, 4.69) is 32.2 Å². The van der Waals surface area contributed by atoms with Crippen molar-refractivity contribution in [3.8, 4) is 5.69 Å². The smallest absolute Gasteiger partial charge is 0.221 e. The Morgan fingerprint density at radius 3 is 2.55 bits per heavy atom. The summed E-state index contributed by atoms with van der Waals surface area (Å²) in [6, 6.07) is 25.8. The molecule has 0 fully saturated rings. The van der Waals surface area contributed by atoms with Crippen LogP contribution in [0.3, 0.4) is 0 Å². The van der Waals surface area contributed by atoms with Crippen molar-refractivity contribution >= 4 is 34.4 Å². The molecule has 0 unspecified atom stereocenters. The zero-order valence-electron chi connectivity index (χ0n) is 15.2. The number of hydrogen-bond donors (Lipinski definition) is 0. The highest BCUT2D eigenvalue weighted by molar-refractivity contribution is 7.99. The molecule has 5 rings (SSSR count). The lowest BCUT2D eigenvalue weighted by atomic mass is 10.2. The van der Waals surface area contributed by atoms with Gasteiger partial charge >= 0.3 is 0 Å². The van der Waals surface area contributed by atoms with Crippen LogP contribution in [-0.2, 0) is 6.54 Å². The fourth-order valence-electron chi connectivity index (χ4n) is 3.16. The molecule has 0 aliphatic carbocycles. The molecule has 0 N–H and O–H groups in total. The maximum absolute atomic E-state index is 6.19. The van der Waals surface area contributed by atoms with E-state index in [9.17, 15) is 0 Å². The van der Waals surface area contributed by atoms with Gasteiger partial charge in [-0.25, -0.2) is 4.98 Å². The number of para-hydroxylation sites is 3. The number of rotatable bonds is 5. The lowest BCUT2D eigenvalue weighted by molar-refractivity contribution is 0.721. The number of hydrogen-bond acceptors (Lipinski definition) is 5. The van der Waals surface area contributed by atoms with Crippen molar-refractivity contribution in [2.75, 3.05) is 0 Å². The molecule has 2 heterocycles. The summed E-state index contributed by atoms with van der Waals surface area (Å²) in [6.45, 7) is 0.649. The summed E-state index contributed by atoms with van der Waals surface area (Å²) < 4.78 is 3.88. The van der Waals surface area contributed by atoms with Crippen LogP contribution in [-0.4, -0.2) is 29.8 Å². The SMILES string of the molecule is Clc1cccc(Cn2c(Sc3nnnn3-c3ccccc3)nc3ccccc32)c1. The van der Waals surface area contributed by atoms with Crippen LogP contribution in [0.25, 0.3) is 16.7 Å². The van der Waals surface area contributed by atoms with Crippen LogP contribution < -0.4 is 0 Å². The molecule has 142 valence electrons. The van der Waals surface area contributed by atoms with Crippen LogP contribution in [0.1, 0.15) is 5.56 Å². The van der Waals surface area contributed by atoms with Crippen LogP contribution in [0.15, 0.2) is 89.2 Å². The summed E-state index contributed by atoms with van der Waals surface area (Å²) in [7, 11) is 0. The Hall–Kier alpha value is -3.16. The first-order chi connectivity index (χ1) is 14.3. The molecule has 8 heteroatoms. The first kappa shape index (κ1) is 17.9. The molecule has 0 saturated carbocycles. The highest BCUT2D eigenvalue weighted by Crippen LogP contribution is 2.30. The second kappa shape index (κ2) is 7.69. The standard InChI is InChI=1S/C21H15ClN6S/c22-16-8-6-7-15(13-16)14-27-19-12-5-4-11-18(19)23-20(27)29-21-24-25-26-28(21)17-9-2-1-3-10-17/h1-13H,14H2. The molecule has 5 aromatic rings. The monoisotopic (exact) mass is 418 g/mol. The molecule has 0 aliphatic heterocycles. The van der Waals surface area contributed by atoms with Gasteiger partial charge in [-0.15, -0.1) is 5.10 Å². The Morgan fingerprint density at radius 2 is 1.69 bits per heavy atom. The molecule has 6 nitrogen and oxygen atoms in total. The minimum absolute atomic E-state index is 0.649. The van der Waals surface area contributed by atoms with E-state index < -0.39 is 0 Å². The van der Waals surface area contributed by atoms with Gasteiger partial charge in [0, 0.05) is 5.02 Å². The third-order valence-corrected chi connectivity index (χ3v) is 5.64. The van der Waals surface area contributed by atoms with E-state index in [1.165, 1.54) is 11.8 Å². The molecule has 3 aromatic carbocycles. The maximum atomic E-state index is 6.19. The Balaban J connectivity index is 1.57. The molecule has 2 aromatic heterocycles. The van der Waals surface area contributed by atoms with Gasteiger partial charge in [0.25, 0.3) is 0 Å². The highest BCUT2D eigenvalue weighted by atomic mass is 35.5. The lowest BCUT2D eigenvalue weighted by Gasteiger charge is -2.09. The molecule has 29 heavy (non-hydrogen) atoms. The summed E-state index contributed by atoms with van der Waals surface area (Å²) in [5, 5.41) is 14.4. The van der Waals surface area contributed by atoms with Crippen LogP contribution in [0.2, 0.25) is 5.02 Å². The molecule has 0 spiro atoms. The number of imidazole rings is 1. The third kappa shape index (κ3) is 3.62. The molecule has 0 amide bonds. The zero-order chi connectivity index (χ0) is 19.6. The summed E-state index contributed by atoms with van der Waals surface area (Å²) in [5.41, 5.74) is 3.98. The van der Waals surface area contributed by atoms with Crippen molar-refractivity contribution in [3.63, 3.8) is 0 Å². The first-order valence-electron chi connectivity index (χ1n) is 8.99. The van der Waals surface area contributed by atoms with Crippen molar-refractivity contribution in [2.45, 2.75) is 16.9 Å². The summed E-state index contributed by atoms with van der Waals surface area (Å²) in [5.74, 6) is 0. The quantitative estimate of drug-likeness (QED) is 0.407. The zero-order valence-corrected chi connectivity index (χ0v) is 16.8. The van der Waals surface area contributed by atoms with Crippen molar-refractivity contribution in [1.82, 2.24) is 29.8 Å². The predicted octanol–water partition coefficient (Wildman–Crippen LogP) is 4.86. The molecule has 0 bridgehead atoms. The van der Waals surface area contributed by atoms with Gasteiger partial charge in [0.15, 0.2) is 5.16 Å². The van der Waals surface area contributed by atoms with Crippen LogP contribution >= 0.6 is 23.4 Å². The van der Waals surface area contributed by atoms with Crippen LogP contribution in [0, 0.1) is 0 Å². The number of fused-ring (bicyclic) bond motifs is 1. The Morgan fingerprint density at radius 1 is 0.862 bits per heavy atom. The number of tetrazole rings is 1. The summed E-state index contributed by atoms with van der Waals surface area (Å²) >= 11 is 7.62. The van der Waals surface area contributed by atoms with E-state index in [0.29, 0.717) is 16.7 Å². The third-order valence-electron chi connectivity index (χ3n) is 4.47. The average molecular weight is 419 g/mol. The van der Waals surface area contributed by atoms with Gasteiger partial charge in [0.05, 0.1) is 23.3 Å². The molecule has 0 atom stereocenters. The van der Waals surface area contributed by atoms with Gasteiger partial charge in [-0.3, -0.25) is 0 Å². The number of nitrogens with zero attached hydrogens (tertiary/aromatic N) is 6. The predicted molar refractivity (Wildman–Crippen MR) is 114 cm³/mol. The fourth-order valence-corrected chi connectivity index (χ4v) is 4.26. The number of halogens is 1. The molecule has 0 saturated heterocycles. The molecular weight excluding hydrogens is 404 g/mol. The van der Waals surface area contributed by atoms with Gasteiger partial charge in [0.2, 0.25) is 5.16 Å². The minimum atomic E-state index is 0.649. The van der Waals surface area contributed by atoms with Crippen LogP contribution in [0.4, 0.5) is 0 Å². The van der Waals surface area contributed by atoms with Gasteiger partial charge in [-0.2, -0.15) is 4.68 Å². The van der Waals surface area contributed by atoms with Crippen molar-refractivity contribution in [1.29, 1.82) is 0 Å². The van der Waals surface area contributed by atoms with E-state index in [1.807, 2.05) is 66.7 Å².